The second-order valence-electron chi connectivity index (χ2n) is 4.00. The summed E-state index contributed by atoms with van der Waals surface area (Å²) < 4.78 is 18.6. The first kappa shape index (κ1) is 12.9. The van der Waals surface area contributed by atoms with Crippen molar-refractivity contribution in [2.45, 2.75) is 19.9 Å². The van der Waals surface area contributed by atoms with Gasteiger partial charge >= 0.3 is 0 Å². The summed E-state index contributed by atoms with van der Waals surface area (Å²) in [6.45, 7) is 4.48. The molecule has 0 spiro atoms. The lowest BCUT2D eigenvalue weighted by atomic mass is 10.1. The summed E-state index contributed by atoms with van der Waals surface area (Å²) in [6.07, 6.45) is 0. The molecule has 0 amide bonds. The first-order valence-electron chi connectivity index (χ1n) is 5.91. The SMILES string of the molecule is CCOc1cc(F)ccc1NC(C)c1ccsc1. The molecule has 1 heterocycles. The Labute approximate surface area is 110 Å². The van der Waals surface area contributed by atoms with Crippen LogP contribution in [0.1, 0.15) is 25.5 Å². The molecule has 1 unspecified atom stereocenters. The lowest BCUT2D eigenvalue weighted by Crippen LogP contribution is -2.07. The van der Waals surface area contributed by atoms with Gasteiger partial charge in [0.25, 0.3) is 0 Å². The molecule has 2 aromatic rings. The summed E-state index contributed by atoms with van der Waals surface area (Å²) in [5.74, 6) is 0.270. The summed E-state index contributed by atoms with van der Waals surface area (Å²) in [4.78, 5) is 0. The summed E-state index contributed by atoms with van der Waals surface area (Å²) in [6, 6.07) is 6.80. The zero-order valence-corrected chi connectivity index (χ0v) is 11.3. The van der Waals surface area contributed by atoms with E-state index in [0.717, 1.165) is 5.69 Å². The molecular formula is C14H16FNOS. The first-order chi connectivity index (χ1) is 8.70. The number of rotatable bonds is 5. The maximum atomic E-state index is 13.2. The highest BCUT2D eigenvalue weighted by Crippen LogP contribution is 2.29. The molecule has 96 valence electrons. The van der Waals surface area contributed by atoms with E-state index >= 15 is 0 Å². The maximum Gasteiger partial charge on any atom is 0.145 e. The lowest BCUT2D eigenvalue weighted by molar-refractivity contribution is 0.339. The van der Waals surface area contributed by atoms with Crippen molar-refractivity contribution in [2.75, 3.05) is 11.9 Å². The molecule has 0 radical (unpaired) electrons. The van der Waals surface area contributed by atoms with E-state index in [4.69, 9.17) is 4.74 Å². The molecule has 4 heteroatoms. The molecule has 18 heavy (non-hydrogen) atoms. The molecule has 1 aromatic heterocycles. The van der Waals surface area contributed by atoms with E-state index in [9.17, 15) is 4.39 Å². The Morgan fingerprint density at radius 1 is 1.39 bits per heavy atom. The molecular weight excluding hydrogens is 249 g/mol. The van der Waals surface area contributed by atoms with E-state index in [1.807, 2.05) is 12.3 Å². The summed E-state index contributed by atoms with van der Waals surface area (Å²) in [5, 5.41) is 7.48. The normalized spacial score (nSPS) is 12.2. The molecule has 0 fully saturated rings. The van der Waals surface area contributed by atoms with Crippen LogP contribution in [-0.4, -0.2) is 6.61 Å². The number of ether oxygens (including phenoxy) is 1. The topological polar surface area (TPSA) is 21.3 Å². The summed E-state index contributed by atoms with van der Waals surface area (Å²) in [5.41, 5.74) is 2.03. The minimum Gasteiger partial charge on any atom is -0.492 e. The zero-order valence-electron chi connectivity index (χ0n) is 10.4. The lowest BCUT2D eigenvalue weighted by Gasteiger charge is -2.17. The van der Waals surface area contributed by atoms with Crippen molar-refractivity contribution in [3.8, 4) is 5.75 Å². The number of hydrogen-bond donors (Lipinski definition) is 1. The van der Waals surface area contributed by atoms with Crippen LogP contribution in [0.5, 0.6) is 5.75 Å². The van der Waals surface area contributed by atoms with Crippen LogP contribution in [0.15, 0.2) is 35.0 Å². The molecule has 0 aliphatic heterocycles. The molecule has 0 saturated heterocycles. The summed E-state index contributed by atoms with van der Waals surface area (Å²) in [7, 11) is 0. The van der Waals surface area contributed by atoms with Crippen molar-refractivity contribution in [2.24, 2.45) is 0 Å². The number of benzene rings is 1. The quantitative estimate of drug-likeness (QED) is 0.861. The van der Waals surface area contributed by atoms with E-state index in [2.05, 4.69) is 23.7 Å². The van der Waals surface area contributed by atoms with E-state index in [1.54, 1.807) is 17.4 Å². The van der Waals surface area contributed by atoms with Crippen LogP contribution < -0.4 is 10.1 Å². The highest BCUT2D eigenvalue weighted by Gasteiger charge is 2.10. The number of halogens is 1. The Kier molecular flexibility index (Phi) is 4.20. The van der Waals surface area contributed by atoms with Crippen LogP contribution in [0, 0.1) is 5.82 Å². The minimum absolute atomic E-state index is 0.168. The van der Waals surface area contributed by atoms with Crippen molar-refractivity contribution in [1.29, 1.82) is 0 Å². The van der Waals surface area contributed by atoms with Gasteiger partial charge in [-0.3, -0.25) is 0 Å². The average molecular weight is 265 g/mol. The molecule has 0 saturated carbocycles. The van der Waals surface area contributed by atoms with Crippen LogP contribution in [0.3, 0.4) is 0 Å². The molecule has 2 rings (SSSR count). The fourth-order valence-electron chi connectivity index (χ4n) is 1.73. The molecule has 0 bridgehead atoms. The first-order valence-corrected chi connectivity index (χ1v) is 6.86. The van der Waals surface area contributed by atoms with E-state index in [0.29, 0.717) is 12.4 Å². The second kappa shape index (κ2) is 5.87. The van der Waals surface area contributed by atoms with Crippen molar-refractivity contribution < 1.29 is 9.13 Å². The molecule has 0 aliphatic rings. The maximum absolute atomic E-state index is 13.2. The number of thiophene rings is 1. The fraction of sp³-hybridized carbons (Fsp3) is 0.286. The van der Waals surface area contributed by atoms with Crippen LogP contribution in [0.25, 0.3) is 0 Å². The Balaban J connectivity index is 2.17. The van der Waals surface area contributed by atoms with Gasteiger partial charge in [0.2, 0.25) is 0 Å². The van der Waals surface area contributed by atoms with Gasteiger partial charge < -0.3 is 10.1 Å². The van der Waals surface area contributed by atoms with Gasteiger partial charge in [-0.1, -0.05) is 0 Å². The van der Waals surface area contributed by atoms with E-state index < -0.39 is 0 Å². The van der Waals surface area contributed by atoms with Gasteiger partial charge in [-0.25, -0.2) is 4.39 Å². The average Bonchev–Trinajstić information content (AvgIpc) is 2.86. The Morgan fingerprint density at radius 3 is 2.89 bits per heavy atom. The van der Waals surface area contributed by atoms with Crippen molar-refractivity contribution in [3.63, 3.8) is 0 Å². The molecule has 2 nitrogen and oxygen atoms in total. The van der Waals surface area contributed by atoms with Gasteiger partial charge in [0.05, 0.1) is 12.3 Å². The Hall–Kier alpha value is -1.55. The number of anilines is 1. The molecule has 0 aliphatic carbocycles. The Morgan fingerprint density at radius 2 is 2.22 bits per heavy atom. The largest absolute Gasteiger partial charge is 0.492 e. The highest BCUT2D eigenvalue weighted by molar-refractivity contribution is 7.07. The van der Waals surface area contributed by atoms with Gasteiger partial charge in [-0.05, 0) is 48.4 Å². The molecule has 1 N–H and O–H groups in total. The van der Waals surface area contributed by atoms with Gasteiger partial charge in [0.1, 0.15) is 11.6 Å². The Bertz CT molecular complexity index is 499. The summed E-state index contributed by atoms with van der Waals surface area (Å²) >= 11 is 1.66. The number of nitrogens with one attached hydrogen (secondary N) is 1. The van der Waals surface area contributed by atoms with Gasteiger partial charge in [0, 0.05) is 12.1 Å². The number of hydrogen-bond acceptors (Lipinski definition) is 3. The fourth-order valence-corrected chi connectivity index (χ4v) is 2.48. The monoisotopic (exact) mass is 265 g/mol. The van der Waals surface area contributed by atoms with Gasteiger partial charge in [0.15, 0.2) is 0 Å². The standard InChI is InChI=1S/C14H16FNOS/c1-3-17-14-8-12(15)4-5-13(14)16-10(2)11-6-7-18-9-11/h4-10,16H,3H2,1-2H3. The van der Waals surface area contributed by atoms with E-state index in [1.165, 1.54) is 17.7 Å². The highest BCUT2D eigenvalue weighted by atomic mass is 32.1. The van der Waals surface area contributed by atoms with E-state index in [-0.39, 0.29) is 11.9 Å². The van der Waals surface area contributed by atoms with Crippen LogP contribution in [-0.2, 0) is 0 Å². The van der Waals surface area contributed by atoms with Crippen LogP contribution >= 0.6 is 11.3 Å². The van der Waals surface area contributed by atoms with Gasteiger partial charge in [-0.2, -0.15) is 11.3 Å². The third-order valence-electron chi connectivity index (χ3n) is 2.66. The predicted octanol–water partition coefficient (Wildman–Crippen LogP) is 4.46. The third kappa shape index (κ3) is 3.01. The van der Waals surface area contributed by atoms with Crippen LogP contribution in [0.4, 0.5) is 10.1 Å². The van der Waals surface area contributed by atoms with Gasteiger partial charge in [-0.15, -0.1) is 0 Å². The minimum atomic E-state index is -0.285. The van der Waals surface area contributed by atoms with Crippen molar-refractivity contribution >= 4 is 17.0 Å². The zero-order chi connectivity index (χ0) is 13.0. The second-order valence-corrected chi connectivity index (χ2v) is 4.78. The molecule has 1 atom stereocenters. The van der Waals surface area contributed by atoms with Crippen molar-refractivity contribution in [3.05, 3.63) is 46.4 Å². The third-order valence-corrected chi connectivity index (χ3v) is 3.36. The van der Waals surface area contributed by atoms with Crippen LogP contribution in [0.2, 0.25) is 0 Å². The molecule has 1 aromatic carbocycles. The predicted molar refractivity (Wildman–Crippen MR) is 73.9 cm³/mol. The van der Waals surface area contributed by atoms with Crippen molar-refractivity contribution in [1.82, 2.24) is 0 Å². The smallest absolute Gasteiger partial charge is 0.145 e.